The van der Waals surface area contributed by atoms with Crippen LogP contribution in [0.25, 0.3) is 0 Å². The molecule has 0 unspecified atom stereocenters. The number of alkyl halides is 3. The van der Waals surface area contributed by atoms with Gasteiger partial charge in [0, 0.05) is 5.56 Å². The van der Waals surface area contributed by atoms with E-state index in [1.165, 1.54) is 24.3 Å². The van der Waals surface area contributed by atoms with E-state index in [0.29, 0.717) is 0 Å². The molecule has 0 saturated carbocycles. The molecule has 0 radical (unpaired) electrons. The van der Waals surface area contributed by atoms with Crippen molar-refractivity contribution in [3.8, 4) is 0 Å². The largest absolute Gasteiger partial charge is 0.516 e. The second kappa shape index (κ2) is 6.48. The molecule has 0 heterocycles. The van der Waals surface area contributed by atoms with Gasteiger partial charge in [-0.2, -0.15) is 21.6 Å². The Kier molecular flexibility index (Phi) is 4.91. The average Bonchev–Trinajstić information content (AvgIpc) is 2.54. The summed E-state index contributed by atoms with van der Waals surface area (Å²) >= 11 is 0. The van der Waals surface area contributed by atoms with E-state index in [1.807, 2.05) is 0 Å². The Labute approximate surface area is 141 Å². The molecule has 0 spiro atoms. The van der Waals surface area contributed by atoms with Gasteiger partial charge in [-0.1, -0.05) is 18.2 Å². The molecule has 134 valence electrons. The van der Waals surface area contributed by atoms with Crippen molar-refractivity contribution >= 4 is 25.8 Å². The molecule has 0 bridgehead atoms. The summed E-state index contributed by atoms with van der Waals surface area (Å²) in [6.07, 6.45) is 0. The van der Waals surface area contributed by atoms with Crippen LogP contribution >= 0.6 is 0 Å². The van der Waals surface area contributed by atoms with Crippen LogP contribution in [0.15, 0.2) is 64.4 Å². The smallest absolute Gasteiger partial charge is 0.268 e. The molecule has 0 atom stereocenters. The maximum atomic E-state index is 12.3. The molecule has 25 heavy (non-hydrogen) atoms. The number of benzene rings is 2. The van der Waals surface area contributed by atoms with Gasteiger partial charge in [-0.25, -0.2) is 13.1 Å². The molecule has 11 heteroatoms. The molecule has 2 rings (SSSR count). The average molecular weight is 393 g/mol. The first kappa shape index (κ1) is 18.9. The van der Waals surface area contributed by atoms with E-state index in [1.54, 1.807) is 6.07 Å². The van der Waals surface area contributed by atoms with E-state index in [2.05, 4.69) is 0 Å². The molecule has 0 saturated heterocycles. The van der Waals surface area contributed by atoms with E-state index in [-0.39, 0.29) is 9.79 Å². The SMILES string of the molecule is O=C(NS(=O)(=O)C(F)(F)F)c1ccc(S(=O)(=O)c2ccccc2)cc1. The molecule has 0 fully saturated rings. The van der Waals surface area contributed by atoms with Crippen molar-refractivity contribution < 1.29 is 34.8 Å². The topological polar surface area (TPSA) is 97.4 Å². The van der Waals surface area contributed by atoms with Crippen LogP contribution in [-0.2, 0) is 19.9 Å². The summed E-state index contributed by atoms with van der Waals surface area (Å²) < 4.78 is 84.0. The van der Waals surface area contributed by atoms with Crippen LogP contribution in [0, 0.1) is 0 Å². The van der Waals surface area contributed by atoms with Gasteiger partial charge in [0.1, 0.15) is 0 Å². The zero-order valence-electron chi connectivity index (χ0n) is 12.2. The lowest BCUT2D eigenvalue weighted by Crippen LogP contribution is -2.40. The fourth-order valence-corrected chi connectivity index (χ4v) is 3.52. The summed E-state index contributed by atoms with van der Waals surface area (Å²) in [7, 11) is -9.71. The molecule has 0 aliphatic rings. The Morgan fingerprint density at radius 1 is 0.800 bits per heavy atom. The molecule has 1 amide bonds. The first-order valence-electron chi connectivity index (χ1n) is 6.49. The van der Waals surface area contributed by atoms with E-state index >= 15 is 0 Å². The Hall–Kier alpha value is -2.40. The van der Waals surface area contributed by atoms with Gasteiger partial charge in [-0.3, -0.25) is 4.79 Å². The van der Waals surface area contributed by atoms with Crippen LogP contribution < -0.4 is 4.72 Å². The molecular formula is C14H10F3NO5S2. The molecule has 0 aromatic heterocycles. The molecule has 1 N–H and O–H groups in total. The number of amides is 1. The number of carbonyl (C=O) groups is 1. The molecule has 0 aliphatic heterocycles. The van der Waals surface area contributed by atoms with Crippen LogP contribution in [0.5, 0.6) is 0 Å². The van der Waals surface area contributed by atoms with Crippen LogP contribution in [-0.4, -0.2) is 28.3 Å². The number of rotatable bonds is 4. The normalized spacial score (nSPS) is 12.6. The Balaban J connectivity index is 2.28. The monoisotopic (exact) mass is 393 g/mol. The summed E-state index contributed by atoms with van der Waals surface area (Å²) in [5.41, 5.74) is -6.08. The summed E-state index contributed by atoms with van der Waals surface area (Å²) in [6.45, 7) is 0. The van der Waals surface area contributed by atoms with E-state index < -0.39 is 36.8 Å². The predicted octanol–water partition coefficient (Wildman–Crippen LogP) is 2.10. The number of nitrogens with one attached hydrogen (secondary N) is 1. The van der Waals surface area contributed by atoms with Crippen LogP contribution in [0.3, 0.4) is 0 Å². The lowest BCUT2D eigenvalue weighted by molar-refractivity contribution is -0.0446. The first-order valence-corrected chi connectivity index (χ1v) is 9.45. The summed E-state index contributed by atoms with van der Waals surface area (Å²) in [5, 5.41) is 0. The molecule has 2 aromatic carbocycles. The minimum Gasteiger partial charge on any atom is -0.268 e. The molecule has 0 aliphatic carbocycles. The minimum atomic E-state index is -5.84. The highest BCUT2D eigenvalue weighted by Crippen LogP contribution is 2.23. The number of carbonyl (C=O) groups excluding carboxylic acids is 1. The standard InChI is InChI=1S/C14H10F3NO5S2/c15-14(16,17)25(22,23)18-13(19)10-6-8-12(9-7-10)24(20,21)11-4-2-1-3-5-11/h1-9H,(H,18,19). The fraction of sp³-hybridized carbons (Fsp3) is 0.0714. The summed E-state index contributed by atoms with van der Waals surface area (Å²) in [4.78, 5) is 11.4. The second-order valence-corrected chi connectivity index (χ2v) is 8.34. The molecule has 2 aromatic rings. The first-order chi connectivity index (χ1) is 11.4. The minimum absolute atomic E-state index is 0.00755. The number of halogens is 3. The van der Waals surface area contributed by atoms with Gasteiger partial charge in [0.05, 0.1) is 9.79 Å². The third kappa shape index (κ3) is 3.99. The number of hydrogen-bond acceptors (Lipinski definition) is 5. The maximum Gasteiger partial charge on any atom is 0.516 e. The van der Waals surface area contributed by atoms with Crippen molar-refractivity contribution in [2.75, 3.05) is 0 Å². The van der Waals surface area contributed by atoms with Crippen molar-refractivity contribution in [2.45, 2.75) is 15.3 Å². The maximum absolute atomic E-state index is 12.3. The van der Waals surface area contributed by atoms with Gasteiger partial charge in [0.15, 0.2) is 0 Å². The van der Waals surface area contributed by atoms with E-state index in [0.717, 1.165) is 29.0 Å². The quantitative estimate of drug-likeness (QED) is 0.858. The Morgan fingerprint density at radius 2 is 1.28 bits per heavy atom. The van der Waals surface area contributed by atoms with Crippen molar-refractivity contribution in [3.63, 3.8) is 0 Å². The van der Waals surface area contributed by atoms with Crippen molar-refractivity contribution in [2.24, 2.45) is 0 Å². The van der Waals surface area contributed by atoms with Crippen molar-refractivity contribution in [1.29, 1.82) is 0 Å². The second-order valence-electron chi connectivity index (χ2n) is 4.72. The summed E-state index contributed by atoms with van der Waals surface area (Å²) in [5.74, 6) is -1.53. The van der Waals surface area contributed by atoms with E-state index in [4.69, 9.17) is 0 Å². The van der Waals surface area contributed by atoms with Gasteiger partial charge in [0.25, 0.3) is 5.91 Å². The number of sulfonamides is 1. The fourth-order valence-electron chi connectivity index (χ4n) is 1.76. The zero-order chi connectivity index (χ0) is 18.9. The lowest BCUT2D eigenvalue weighted by Gasteiger charge is -2.10. The molecule has 6 nitrogen and oxygen atoms in total. The Morgan fingerprint density at radius 3 is 1.76 bits per heavy atom. The molecular weight excluding hydrogens is 383 g/mol. The lowest BCUT2D eigenvalue weighted by atomic mass is 10.2. The van der Waals surface area contributed by atoms with Crippen molar-refractivity contribution in [1.82, 2.24) is 4.72 Å². The highest BCUT2D eigenvalue weighted by atomic mass is 32.2. The van der Waals surface area contributed by atoms with Gasteiger partial charge in [0.2, 0.25) is 9.84 Å². The van der Waals surface area contributed by atoms with Crippen molar-refractivity contribution in [3.05, 3.63) is 60.2 Å². The predicted molar refractivity (Wildman–Crippen MR) is 80.8 cm³/mol. The highest BCUT2D eigenvalue weighted by Gasteiger charge is 2.47. The Bertz CT molecular complexity index is 983. The van der Waals surface area contributed by atoms with Crippen LogP contribution in [0.1, 0.15) is 10.4 Å². The van der Waals surface area contributed by atoms with Gasteiger partial charge >= 0.3 is 15.5 Å². The highest BCUT2D eigenvalue weighted by molar-refractivity contribution is 7.91. The number of sulfone groups is 1. The third-order valence-electron chi connectivity index (χ3n) is 3.01. The van der Waals surface area contributed by atoms with Gasteiger partial charge < -0.3 is 0 Å². The summed E-state index contributed by atoms with van der Waals surface area (Å²) in [6, 6.07) is 11.2. The third-order valence-corrected chi connectivity index (χ3v) is 5.86. The zero-order valence-corrected chi connectivity index (χ0v) is 13.8. The van der Waals surface area contributed by atoms with Gasteiger partial charge in [-0.15, -0.1) is 0 Å². The van der Waals surface area contributed by atoms with Crippen LogP contribution in [0.4, 0.5) is 13.2 Å². The van der Waals surface area contributed by atoms with Gasteiger partial charge in [-0.05, 0) is 36.4 Å². The van der Waals surface area contributed by atoms with E-state index in [9.17, 15) is 34.8 Å². The number of hydrogen-bond donors (Lipinski definition) is 1. The van der Waals surface area contributed by atoms with Crippen LogP contribution in [0.2, 0.25) is 0 Å².